The number of nitrogens with one attached hydrogen (secondary N) is 1. The third-order valence-electron chi connectivity index (χ3n) is 2.59. The molecule has 0 spiro atoms. The summed E-state index contributed by atoms with van der Waals surface area (Å²) in [5.41, 5.74) is 1.82. The Kier molecular flexibility index (Phi) is 5.39. The number of aromatic nitrogens is 2. The van der Waals surface area contributed by atoms with Crippen LogP contribution in [0.25, 0.3) is 11.3 Å². The lowest BCUT2D eigenvalue weighted by molar-refractivity contribution is -0.154. The summed E-state index contributed by atoms with van der Waals surface area (Å²) in [7, 11) is 0. The molecule has 21 heavy (non-hydrogen) atoms. The maximum Gasteiger partial charge on any atom is 0.396 e. The van der Waals surface area contributed by atoms with E-state index in [0.29, 0.717) is 13.0 Å². The van der Waals surface area contributed by atoms with Gasteiger partial charge in [-0.05, 0) is 19.1 Å². The highest BCUT2D eigenvalue weighted by atomic mass is 32.1. The predicted octanol–water partition coefficient (Wildman–Crippen LogP) is 1.43. The van der Waals surface area contributed by atoms with E-state index < -0.39 is 11.9 Å². The van der Waals surface area contributed by atoms with E-state index in [0.717, 1.165) is 16.3 Å². The highest BCUT2D eigenvalue weighted by molar-refractivity contribution is 7.09. The number of carbonyl (C=O) groups is 2. The van der Waals surface area contributed by atoms with E-state index in [-0.39, 0.29) is 6.61 Å². The summed E-state index contributed by atoms with van der Waals surface area (Å²) in [4.78, 5) is 31.0. The molecule has 6 nitrogen and oxygen atoms in total. The summed E-state index contributed by atoms with van der Waals surface area (Å²) in [5, 5.41) is 5.34. The average Bonchev–Trinajstić information content (AvgIpc) is 2.97. The van der Waals surface area contributed by atoms with E-state index >= 15 is 0 Å². The van der Waals surface area contributed by atoms with E-state index in [1.54, 1.807) is 19.3 Å². The molecule has 0 aliphatic heterocycles. The van der Waals surface area contributed by atoms with E-state index in [2.05, 4.69) is 20.0 Å². The number of esters is 1. The van der Waals surface area contributed by atoms with E-state index in [9.17, 15) is 9.59 Å². The second kappa shape index (κ2) is 7.49. The minimum Gasteiger partial charge on any atom is -0.459 e. The fourth-order valence-corrected chi connectivity index (χ4v) is 2.43. The van der Waals surface area contributed by atoms with Crippen LogP contribution < -0.4 is 5.32 Å². The van der Waals surface area contributed by atoms with Crippen molar-refractivity contribution in [2.24, 2.45) is 0 Å². The van der Waals surface area contributed by atoms with Gasteiger partial charge in [-0.15, -0.1) is 11.3 Å². The van der Waals surface area contributed by atoms with Crippen molar-refractivity contribution >= 4 is 23.2 Å². The van der Waals surface area contributed by atoms with E-state index in [1.165, 1.54) is 11.3 Å². The molecule has 0 aliphatic rings. The summed E-state index contributed by atoms with van der Waals surface area (Å²) in [6.45, 7) is 2.19. The third kappa shape index (κ3) is 4.35. The molecule has 0 bridgehead atoms. The van der Waals surface area contributed by atoms with Crippen LogP contribution in [0, 0.1) is 0 Å². The number of amides is 1. The first-order valence-electron chi connectivity index (χ1n) is 6.50. The third-order valence-corrected chi connectivity index (χ3v) is 3.50. The molecule has 2 rings (SSSR count). The summed E-state index contributed by atoms with van der Waals surface area (Å²) in [5.74, 6) is -1.58. The van der Waals surface area contributed by atoms with Gasteiger partial charge in [0.1, 0.15) is 0 Å². The molecule has 110 valence electrons. The van der Waals surface area contributed by atoms with Gasteiger partial charge in [0.25, 0.3) is 0 Å². The Hall–Kier alpha value is -2.28. The fourth-order valence-electron chi connectivity index (χ4n) is 1.62. The summed E-state index contributed by atoms with van der Waals surface area (Å²) in [6, 6.07) is 3.79. The number of hydrogen-bond donors (Lipinski definition) is 1. The van der Waals surface area contributed by atoms with Crippen molar-refractivity contribution in [1.82, 2.24) is 15.3 Å². The summed E-state index contributed by atoms with van der Waals surface area (Å²) < 4.78 is 4.60. The summed E-state index contributed by atoms with van der Waals surface area (Å²) in [6.07, 6.45) is 4.03. The van der Waals surface area contributed by atoms with Crippen LogP contribution in [-0.2, 0) is 20.7 Å². The fraction of sp³-hybridized carbons (Fsp3) is 0.286. The van der Waals surface area contributed by atoms with Crippen LogP contribution in [0.1, 0.15) is 11.9 Å². The Bertz CT molecular complexity index is 613. The highest BCUT2D eigenvalue weighted by Gasteiger charge is 2.13. The van der Waals surface area contributed by atoms with Crippen molar-refractivity contribution < 1.29 is 14.3 Å². The number of carbonyl (C=O) groups excluding carboxylic acids is 2. The van der Waals surface area contributed by atoms with Gasteiger partial charge in [0, 0.05) is 36.3 Å². The Balaban J connectivity index is 1.84. The average molecular weight is 305 g/mol. The van der Waals surface area contributed by atoms with Crippen LogP contribution in [0.4, 0.5) is 0 Å². The van der Waals surface area contributed by atoms with Crippen molar-refractivity contribution in [3.63, 3.8) is 0 Å². The number of rotatable bonds is 5. The Morgan fingerprint density at radius 1 is 1.43 bits per heavy atom. The highest BCUT2D eigenvalue weighted by Crippen LogP contribution is 2.20. The second-order valence-electron chi connectivity index (χ2n) is 4.09. The molecule has 1 amide bonds. The number of pyridine rings is 1. The largest absolute Gasteiger partial charge is 0.459 e. The van der Waals surface area contributed by atoms with Crippen molar-refractivity contribution in [1.29, 1.82) is 0 Å². The lowest BCUT2D eigenvalue weighted by atomic mass is 10.2. The van der Waals surface area contributed by atoms with Crippen molar-refractivity contribution in [3.8, 4) is 11.3 Å². The minimum absolute atomic E-state index is 0.188. The Labute approximate surface area is 126 Å². The smallest absolute Gasteiger partial charge is 0.396 e. The molecular formula is C14H15N3O3S. The molecule has 0 saturated heterocycles. The number of thiazole rings is 1. The van der Waals surface area contributed by atoms with Gasteiger partial charge in [0.05, 0.1) is 17.3 Å². The van der Waals surface area contributed by atoms with E-state index in [1.807, 2.05) is 17.5 Å². The first-order chi connectivity index (χ1) is 10.2. The molecule has 1 N–H and O–H groups in total. The van der Waals surface area contributed by atoms with Gasteiger partial charge in [-0.3, -0.25) is 9.78 Å². The number of hydrogen-bond acceptors (Lipinski definition) is 6. The maximum absolute atomic E-state index is 11.3. The topological polar surface area (TPSA) is 81.2 Å². The van der Waals surface area contributed by atoms with Gasteiger partial charge in [-0.1, -0.05) is 0 Å². The lowest BCUT2D eigenvalue weighted by Gasteiger charge is -2.02. The zero-order chi connectivity index (χ0) is 15.1. The Morgan fingerprint density at radius 3 is 3.00 bits per heavy atom. The normalized spacial score (nSPS) is 10.1. The van der Waals surface area contributed by atoms with Gasteiger partial charge >= 0.3 is 11.9 Å². The van der Waals surface area contributed by atoms with Crippen molar-refractivity contribution in [2.45, 2.75) is 13.3 Å². The molecule has 0 unspecified atom stereocenters. The number of nitrogens with zero attached hydrogens (tertiary/aromatic N) is 2. The monoisotopic (exact) mass is 305 g/mol. The molecule has 2 aromatic heterocycles. The first-order valence-corrected chi connectivity index (χ1v) is 7.38. The van der Waals surface area contributed by atoms with Crippen LogP contribution in [0.15, 0.2) is 29.9 Å². The molecule has 0 aromatic carbocycles. The molecule has 0 fully saturated rings. The van der Waals surface area contributed by atoms with Gasteiger partial charge in [-0.25, -0.2) is 9.78 Å². The standard InChI is InChI=1S/C14H15N3O3S/c1-2-20-14(19)13(18)16-7-5-12-17-11(9-21-12)10-4-3-6-15-8-10/h3-4,6,8-9H,2,5,7H2,1H3,(H,16,18). The van der Waals surface area contributed by atoms with E-state index in [4.69, 9.17) is 0 Å². The molecule has 2 aromatic rings. The lowest BCUT2D eigenvalue weighted by Crippen LogP contribution is -2.33. The number of ether oxygens (including phenoxy) is 1. The van der Waals surface area contributed by atoms with Gasteiger partial charge in [-0.2, -0.15) is 0 Å². The van der Waals surface area contributed by atoms with Crippen LogP contribution >= 0.6 is 11.3 Å². The van der Waals surface area contributed by atoms with Crippen LogP contribution in [-0.4, -0.2) is 35.0 Å². The zero-order valence-corrected chi connectivity index (χ0v) is 12.4. The summed E-state index contributed by atoms with van der Waals surface area (Å²) >= 11 is 1.51. The minimum atomic E-state index is -0.854. The molecule has 0 aliphatic carbocycles. The quantitative estimate of drug-likeness (QED) is 0.667. The molecule has 0 atom stereocenters. The van der Waals surface area contributed by atoms with Crippen LogP contribution in [0.2, 0.25) is 0 Å². The Morgan fingerprint density at radius 2 is 2.29 bits per heavy atom. The molecule has 0 radical (unpaired) electrons. The predicted molar refractivity (Wildman–Crippen MR) is 78.7 cm³/mol. The zero-order valence-electron chi connectivity index (χ0n) is 11.5. The molecule has 2 heterocycles. The van der Waals surface area contributed by atoms with Crippen molar-refractivity contribution in [2.75, 3.05) is 13.2 Å². The first kappa shape index (κ1) is 15.1. The second-order valence-corrected chi connectivity index (χ2v) is 5.04. The molecule has 0 saturated carbocycles. The van der Waals surface area contributed by atoms with Gasteiger partial charge in [0.2, 0.25) is 0 Å². The molecule has 7 heteroatoms. The van der Waals surface area contributed by atoms with Crippen LogP contribution in [0.3, 0.4) is 0 Å². The van der Waals surface area contributed by atoms with Gasteiger partial charge in [0.15, 0.2) is 0 Å². The molecular weight excluding hydrogens is 290 g/mol. The van der Waals surface area contributed by atoms with Gasteiger partial charge < -0.3 is 10.1 Å². The van der Waals surface area contributed by atoms with Crippen LogP contribution in [0.5, 0.6) is 0 Å². The van der Waals surface area contributed by atoms with Crippen molar-refractivity contribution in [3.05, 3.63) is 34.9 Å². The SMILES string of the molecule is CCOC(=O)C(=O)NCCc1nc(-c2cccnc2)cs1. The maximum atomic E-state index is 11.3.